The van der Waals surface area contributed by atoms with E-state index in [1.165, 1.54) is 12.8 Å². The minimum absolute atomic E-state index is 0.245. The molecule has 0 aliphatic heterocycles. The molecule has 4 nitrogen and oxygen atoms in total. The Bertz CT molecular complexity index is 372. The second-order valence-corrected chi connectivity index (χ2v) is 4.65. The van der Waals surface area contributed by atoms with Crippen molar-refractivity contribution in [1.29, 1.82) is 0 Å². The minimum atomic E-state index is -0.344. The third kappa shape index (κ3) is 6.13. The lowest BCUT2D eigenvalue weighted by Gasteiger charge is -2.14. The second kappa shape index (κ2) is 8.40. The molecule has 0 unspecified atom stereocenters. The van der Waals surface area contributed by atoms with Crippen molar-refractivity contribution in [2.45, 2.75) is 33.1 Å². The minimum Gasteiger partial charge on any atom is -0.493 e. The Hall–Kier alpha value is -1.71. The monoisotopic (exact) mass is 264 g/mol. The molecule has 1 rings (SSSR count). The molecule has 0 aliphatic rings. The van der Waals surface area contributed by atoms with Gasteiger partial charge in [-0.25, -0.2) is 0 Å². The summed E-state index contributed by atoms with van der Waals surface area (Å²) in [5.41, 5.74) is 6.14. The average Bonchev–Trinajstić information content (AvgIpc) is 2.41. The van der Waals surface area contributed by atoms with Crippen LogP contribution in [0.5, 0.6) is 5.75 Å². The second-order valence-electron chi connectivity index (χ2n) is 4.65. The fraction of sp³-hybridized carbons (Fsp3) is 0.533. The lowest BCUT2D eigenvalue weighted by atomic mass is 10.0. The van der Waals surface area contributed by atoms with Crippen LogP contribution >= 0.6 is 0 Å². The summed E-state index contributed by atoms with van der Waals surface area (Å²) in [4.78, 5) is 10.6. The molecule has 1 aromatic carbocycles. The van der Waals surface area contributed by atoms with Gasteiger partial charge in [0.1, 0.15) is 5.75 Å². The van der Waals surface area contributed by atoms with E-state index in [1.807, 2.05) is 24.3 Å². The zero-order valence-corrected chi connectivity index (χ0v) is 11.8. The third-order valence-corrected chi connectivity index (χ3v) is 3.22. The molecule has 0 heterocycles. The predicted octanol–water partition coefficient (Wildman–Crippen LogP) is 2.79. The molecule has 1 amide bonds. The van der Waals surface area contributed by atoms with Gasteiger partial charge in [-0.15, -0.1) is 0 Å². The molecule has 0 aromatic heterocycles. The van der Waals surface area contributed by atoms with Crippen molar-refractivity contribution in [3.8, 4) is 5.75 Å². The van der Waals surface area contributed by atoms with Crippen LogP contribution in [0.3, 0.4) is 0 Å². The van der Waals surface area contributed by atoms with Crippen LogP contribution < -0.4 is 15.8 Å². The first-order chi connectivity index (χ1) is 9.15. The van der Waals surface area contributed by atoms with Crippen molar-refractivity contribution in [2.75, 3.05) is 18.5 Å². The molecular formula is C15H24N2O2. The van der Waals surface area contributed by atoms with E-state index in [4.69, 9.17) is 10.5 Å². The van der Waals surface area contributed by atoms with Crippen molar-refractivity contribution in [3.63, 3.8) is 0 Å². The van der Waals surface area contributed by atoms with E-state index >= 15 is 0 Å². The number of primary amides is 1. The maximum atomic E-state index is 10.6. The summed E-state index contributed by atoms with van der Waals surface area (Å²) < 4.78 is 5.41. The molecule has 106 valence electrons. The zero-order chi connectivity index (χ0) is 14.1. The van der Waals surface area contributed by atoms with Crippen LogP contribution in [0.25, 0.3) is 0 Å². The van der Waals surface area contributed by atoms with Gasteiger partial charge >= 0.3 is 0 Å². The van der Waals surface area contributed by atoms with E-state index in [9.17, 15) is 4.79 Å². The Labute approximate surface area is 115 Å². The Kier molecular flexibility index (Phi) is 6.79. The number of anilines is 1. The van der Waals surface area contributed by atoms with Crippen molar-refractivity contribution < 1.29 is 9.53 Å². The summed E-state index contributed by atoms with van der Waals surface area (Å²) in [5.74, 6) is 1.13. The first-order valence-corrected chi connectivity index (χ1v) is 6.90. The number of amides is 1. The summed E-state index contributed by atoms with van der Waals surface area (Å²) in [6, 6.07) is 7.77. The summed E-state index contributed by atoms with van der Waals surface area (Å²) in [6.45, 7) is 5.75. The summed E-state index contributed by atoms with van der Waals surface area (Å²) in [6.07, 6.45) is 2.63. The lowest BCUT2D eigenvalue weighted by molar-refractivity contribution is -0.118. The van der Waals surface area contributed by atoms with Crippen LogP contribution in [-0.2, 0) is 4.79 Å². The summed E-state index contributed by atoms with van der Waals surface area (Å²) in [5, 5.41) is 3.42. The normalized spacial score (nSPS) is 10.5. The fourth-order valence-electron chi connectivity index (χ4n) is 1.78. The van der Waals surface area contributed by atoms with Crippen LogP contribution in [0, 0.1) is 5.92 Å². The number of nitrogens with one attached hydrogen (secondary N) is 1. The first kappa shape index (κ1) is 15.3. The van der Waals surface area contributed by atoms with Crippen LogP contribution in [0.4, 0.5) is 5.69 Å². The molecule has 0 atom stereocenters. The number of hydrogen-bond donors (Lipinski definition) is 2. The van der Waals surface area contributed by atoms with E-state index in [0.717, 1.165) is 18.0 Å². The number of benzene rings is 1. The molecule has 0 bridgehead atoms. The highest BCUT2D eigenvalue weighted by molar-refractivity contribution is 5.73. The van der Waals surface area contributed by atoms with Gasteiger partial charge in [0.05, 0.1) is 13.0 Å². The molecule has 0 fully saturated rings. The van der Waals surface area contributed by atoms with E-state index in [1.54, 1.807) is 0 Å². The fourth-order valence-corrected chi connectivity index (χ4v) is 1.78. The van der Waals surface area contributed by atoms with Gasteiger partial charge in [0, 0.05) is 12.2 Å². The quantitative estimate of drug-likeness (QED) is 0.721. The number of ether oxygens (including phenoxy) is 1. The maximum Gasteiger partial charge on any atom is 0.220 e. The summed E-state index contributed by atoms with van der Waals surface area (Å²) in [7, 11) is 0. The molecular weight excluding hydrogens is 240 g/mol. The molecule has 0 radical (unpaired) electrons. The van der Waals surface area contributed by atoms with Gasteiger partial charge in [-0.3, -0.25) is 4.79 Å². The van der Waals surface area contributed by atoms with Gasteiger partial charge in [0.25, 0.3) is 0 Å². The first-order valence-electron chi connectivity index (χ1n) is 6.90. The van der Waals surface area contributed by atoms with E-state index in [2.05, 4.69) is 19.2 Å². The van der Waals surface area contributed by atoms with Gasteiger partial charge in [-0.05, 0) is 30.2 Å². The molecule has 3 N–H and O–H groups in total. The van der Waals surface area contributed by atoms with Crippen molar-refractivity contribution in [1.82, 2.24) is 0 Å². The topological polar surface area (TPSA) is 64.3 Å². The SMILES string of the molecule is CCC(CC)CNc1ccc(OCCC(N)=O)cc1. The van der Waals surface area contributed by atoms with E-state index < -0.39 is 0 Å². The van der Waals surface area contributed by atoms with Crippen molar-refractivity contribution in [2.24, 2.45) is 11.7 Å². The Morgan fingerprint density at radius 1 is 1.26 bits per heavy atom. The molecule has 0 aliphatic carbocycles. The van der Waals surface area contributed by atoms with Crippen LogP contribution in [0.1, 0.15) is 33.1 Å². The van der Waals surface area contributed by atoms with Crippen LogP contribution in [0.2, 0.25) is 0 Å². The maximum absolute atomic E-state index is 10.6. The number of nitrogens with two attached hydrogens (primary N) is 1. The zero-order valence-electron chi connectivity index (χ0n) is 11.8. The van der Waals surface area contributed by atoms with Gasteiger partial charge in [0.15, 0.2) is 0 Å². The molecule has 0 saturated heterocycles. The number of rotatable bonds is 9. The summed E-state index contributed by atoms with van der Waals surface area (Å²) >= 11 is 0. The Morgan fingerprint density at radius 2 is 1.89 bits per heavy atom. The standard InChI is InChI=1S/C15H24N2O2/c1-3-12(4-2)11-17-13-5-7-14(8-6-13)19-10-9-15(16)18/h5-8,12,17H,3-4,9-11H2,1-2H3,(H2,16,18). The van der Waals surface area contributed by atoms with Crippen LogP contribution in [-0.4, -0.2) is 19.1 Å². The molecule has 1 aromatic rings. The number of carbonyl (C=O) groups is 1. The van der Waals surface area contributed by atoms with Gasteiger partial charge in [-0.1, -0.05) is 26.7 Å². The number of carbonyl (C=O) groups excluding carboxylic acids is 1. The van der Waals surface area contributed by atoms with E-state index in [-0.39, 0.29) is 12.3 Å². The highest BCUT2D eigenvalue weighted by atomic mass is 16.5. The van der Waals surface area contributed by atoms with E-state index in [0.29, 0.717) is 12.5 Å². The highest BCUT2D eigenvalue weighted by Gasteiger charge is 2.03. The van der Waals surface area contributed by atoms with Crippen LogP contribution in [0.15, 0.2) is 24.3 Å². The highest BCUT2D eigenvalue weighted by Crippen LogP contribution is 2.17. The van der Waals surface area contributed by atoms with Gasteiger partial charge in [0.2, 0.25) is 5.91 Å². The Balaban J connectivity index is 2.36. The average molecular weight is 264 g/mol. The predicted molar refractivity (Wildman–Crippen MR) is 78.3 cm³/mol. The Morgan fingerprint density at radius 3 is 2.42 bits per heavy atom. The smallest absolute Gasteiger partial charge is 0.220 e. The number of hydrogen-bond acceptors (Lipinski definition) is 3. The largest absolute Gasteiger partial charge is 0.493 e. The molecule has 4 heteroatoms. The van der Waals surface area contributed by atoms with Gasteiger partial charge < -0.3 is 15.8 Å². The molecule has 0 spiro atoms. The third-order valence-electron chi connectivity index (χ3n) is 3.22. The molecule has 0 saturated carbocycles. The lowest BCUT2D eigenvalue weighted by Crippen LogP contribution is -2.14. The van der Waals surface area contributed by atoms with Gasteiger partial charge in [-0.2, -0.15) is 0 Å². The van der Waals surface area contributed by atoms with Crippen molar-refractivity contribution >= 4 is 11.6 Å². The molecule has 19 heavy (non-hydrogen) atoms. The van der Waals surface area contributed by atoms with Crippen molar-refractivity contribution in [3.05, 3.63) is 24.3 Å².